The first-order valence-electron chi connectivity index (χ1n) is 8.07. The fourth-order valence-electron chi connectivity index (χ4n) is 2.70. The molecule has 1 aliphatic heterocycles. The molecule has 0 aromatic carbocycles. The second kappa shape index (κ2) is 9.37. The van der Waals surface area contributed by atoms with E-state index in [1.165, 1.54) is 0 Å². The van der Waals surface area contributed by atoms with Crippen LogP contribution in [0.1, 0.15) is 38.3 Å². The fourth-order valence-corrected chi connectivity index (χ4v) is 3.72. The Labute approximate surface area is 160 Å². The van der Waals surface area contributed by atoms with Crippen LogP contribution in [0, 0.1) is 20.9 Å². The molecule has 1 aromatic rings. The van der Waals surface area contributed by atoms with E-state index in [0.717, 1.165) is 28.7 Å². The topological polar surface area (TPSA) is 79.1 Å². The molecule has 2 rings (SSSR count). The van der Waals surface area contributed by atoms with Crippen LogP contribution in [0.2, 0.25) is 5.15 Å². The summed E-state index contributed by atoms with van der Waals surface area (Å²) in [5.74, 6) is 0.507. The maximum Gasteiger partial charge on any atom is 0.309 e. The summed E-state index contributed by atoms with van der Waals surface area (Å²) in [7, 11) is 0. The van der Waals surface area contributed by atoms with E-state index in [-0.39, 0.29) is 11.9 Å². The number of carbonyl (C=O) groups is 1. The Hall–Kier alpha value is -1.14. The van der Waals surface area contributed by atoms with Gasteiger partial charge >= 0.3 is 5.97 Å². The van der Waals surface area contributed by atoms with Crippen molar-refractivity contribution in [2.75, 3.05) is 24.6 Å². The minimum absolute atomic E-state index is 0.0492. The Kier molecular flexibility index (Phi) is 7.49. The summed E-state index contributed by atoms with van der Waals surface area (Å²) in [5, 5.41) is 9.06. The monoisotopic (exact) mass is 462 g/mol. The highest BCUT2D eigenvalue weighted by atomic mass is 127. The number of ether oxygens (including phenoxy) is 1. The molecule has 1 aromatic heterocycles. The molecular formula is C16H20ClIN4O2. The number of nitriles is 1. The van der Waals surface area contributed by atoms with Crippen LogP contribution in [-0.4, -0.2) is 35.6 Å². The fraction of sp³-hybridized carbons (Fsp3) is 0.625. The number of carbonyl (C=O) groups excluding carboxylic acids is 1. The molecule has 0 atom stereocenters. The largest absolute Gasteiger partial charge is 0.466 e. The highest BCUT2D eigenvalue weighted by Crippen LogP contribution is 2.29. The Bertz CT molecular complexity index is 627. The summed E-state index contributed by atoms with van der Waals surface area (Å²) in [6.45, 7) is 3.65. The number of anilines is 1. The molecule has 0 saturated carbocycles. The van der Waals surface area contributed by atoms with Crippen molar-refractivity contribution >= 4 is 46.0 Å². The predicted octanol–water partition coefficient (Wildman–Crippen LogP) is 3.36. The minimum Gasteiger partial charge on any atom is -0.466 e. The lowest BCUT2D eigenvalue weighted by Crippen LogP contribution is -2.37. The second-order valence-corrected chi connectivity index (χ2v) is 6.98. The molecular weight excluding hydrogens is 443 g/mol. The van der Waals surface area contributed by atoms with Crippen molar-refractivity contribution in [1.29, 1.82) is 5.26 Å². The SMILES string of the molecule is CCOC(=O)C1CCN(c2nc(CCCC#N)c(I)nc2Cl)CC1. The number of nitrogens with zero attached hydrogens (tertiary/aromatic N) is 4. The number of hydrogen-bond acceptors (Lipinski definition) is 6. The Morgan fingerprint density at radius 1 is 1.46 bits per heavy atom. The van der Waals surface area contributed by atoms with Gasteiger partial charge in [0.25, 0.3) is 0 Å². The molecule has 0 amide bonds. The lowest BCUT2D eigenvalue weighted by molar-refractivity contribution is -0.148. The molecule has 0 spiro atoms. The Morgan fingerprint density at radius 3 is 2.79 bits per heavy atom. The highest BCUT2D eigenvalue weighted by Gasteiger charge is 2.28. The van der Waals surface area contributed by atoms with E-state index in [1.807, 2.05) is 6.92 Å². The molecule has 130 valence electrons. The number of unbranched alkanes of at least 4 members (excludes halogenated alkanes) is 1. The standard InChI is InChI=1S/C16H20ClIN4O2/c1-2-24-16(23)11-6-9-22(10-7-11)15-13(17)21-14(18)12(20-15)5-3-4-8-19/h11H,2-7,9-10H2,1H3. The van der Waals surface area contributed by atoms with Crippen LogP contribution in [0.4, 0.5) is 5.82 Å². The molecule has 0 unspecified atom stereocenters. The third kappa shape index (κ3) is 4.93. The zero-order chi connectivity index (χ0) is 17.5. The number of piperidine rings is 1. The van der Waals surface area contributed by atoms with Crippen molar-refractivity contribution in [2.45, 2.75) is 39.0 Å². The average molecular weight is 463 g/mol. The van der Waals surface area contributed by atoms with Crippen molar-refractivity contribution in [3.8, 4) is 6.07 Å². The molecule has 1 aliphatic rings. The molecule has 0 N–H and O–H groups in total. The lowest BCUT2D eigenvalue weighted by atomic mass is 9.97. The normalized spacial score (nSPS) is 15.2. The van der Waals surface area contributed by atoms with E-state index in [4.69, 9.17) is 21.6 Å². The molecule has 6 nitrogen and oxygen atoms in total. The molecule has 24 heavy (non-hydrogen) atoms. The van der Waals surface area contributed by atoms with Crippen molar-refractivity contribution in [2.24, 2.45) is 5.92 Å². The van der Waals surface area contributed by atoms with Gasteiger partial charge in [-0.25, -0.2) is 9.97 Å². The van der Waals surface area contributed by atoms with E-state index >= 15 is 0 Å². The molecule has 0 radical (unpaired) electrons. The van der Waals surface area contributed by atoms with Gasteiger partial charge in [0.15, 0.2) is 11.0 Å². The van der Waals surface area contributed by atoms with Gasteiger partial charge in [-0.15, -0.1) is 0 Å². The van der Waals surface area contributed by atoms with Crippen molar-refractivity contribution in [3.63, 3.8) is 0 Å². The number of aromatic nitrogens is 2. The number of hydrogen-bond donors (Lipinski definition) is 0. The first kappa shape index (κ1) is 19.2. The lowest BCUT2D eigenvalue weighted by Gasteiger charge is -2.32. The van der Waals surface area contributed by atoms with E-state index in [1.54, 1.807) is 0 Å². The van der Waals surface area contributed by atoms with Crippen LogP contribution in [0.3, 0.4) is 0 Å². The maximum absolute atomic E-state index is 11.8. The first-order chi connectivity index (χ1) is 11.6. The smallest absolute Gasteiger partial charge is 0.309 e. The zero-order valence-corrected chi connectivity index (χ0v) is 16.5. The van der Waals surface area contributed by atoms with Crippen molar-refractivity contribution < 1.29 is 9.53 Å². The molecule has 1 saturated heterocycles. The highest BCUT2D eigenvalue weighted by molar-refractivity contribution is 14.1. The Balaban J connectivity index is 2.05. The maximum atomic E-state index is 11.8. The number of esters is 1. The predicted molar refractivity (Wildman–Crippen MR) is 99.9 cm³/mol. The van der Waals surface area contributed by atoms with Crippen molar-refractivity contribution in [1.82, 2.24) is 9.97 Å². The summed E-state index contributed by atoms with van der Waals surface area (Å²) in [4.78, 5) is 23.0. The molecule has 0 aliphatic carbocycles. The zero-order valence-electron chi connectivity index (χ0n) is 13.6. The number of aryl methyl sites for hydroxylation is 1. The van der Waals surface area contributed by atoms with Gasteiger partial charge < -0.3 is 9.64 Å². The van der Waals surface area contributed by atoms with Crippen LogP contribution < -0.4 is 4.90 Å². The summed E-state index contributed by atoms with van der Waals surface area (Å²) in [5.41, 5.74) is 0.873. The van der Waals surface area contributed by atoms with Gasteiger partial charge in [-0.1, -0.05) is 11.6 Å². The van der Waals surface area contributed by atoms with Gasteiger partial charge in [0, 0.05) is 19.5 Å². The van der Waals surface area contributed by atoms with Crippen molar-refractivity contribution in [3.05, 3.63) is 14.5 Å². The number of halogens is 2. The quantitative estimate of drug-likeness (QED) is 0.366. The van der Waals surface area contributed by atoms with E-state index < -0.39 is 0 Å². The van der Waals surface area contributed by atoms with Crippen LogP contribution in [0.5, 0.6) is 0 Å². The van der Waals surface area contributed by atoms with Gasteiger partial charge in [-0.2, -0.15) is 5.26 Å². The molecule has 0 bridgehead atoms. The van der Waals surface area contributed by atoms with Gasteiger partial charge in [-0.3, -0.25) is 4.79 Å². The summed E-state index contributed by atoms with van der Waals surface area (Å²) in [6, 6.07) is 2.14. The van der Waals surface area contributed by atoms with Gasteiger partial charge in [0.1, 0.15) is 3.70 Å². The van der Waals surface area contributed by atoms with Gasteiger partial charge in [0.2, 0.25) is 0 Å². The average Bonchev–Trinajstić information content (AvgIpc) is 2.57. The van der Waals surface area contributed by atoms with Crippen LogP contribution in [0.15, 0.2) is 0 Å². The first-order valence-corrected chi connectivity index (χ1v) is 9.53. The van der Waals surface area contributed by atoms with E-state index in [9.17, 15) is 4.79 Å². The summed E-state index contributed by atoms with van der Waals surface area (Å²) >= 11 is 8.41. The molecule has 8 heteroatoms. The minimum atomic E-state index is -0.117. The van der Waals surface area contributed by atoms with Gasteiger partial charge in [-0.05, 0) is 55.2 Å². The summed E-state index contributed by atoms with van der Waals surface area (Å²) < 4.78 is 5.88. The van der Waals surface area contributed by atoms with Crippen LogP contribution in [-0.2, 0) is 16.0 Å². The van der Waals surface area contributed by atoms with Crippen LogP contribution >= 0.6 is 34.2 Å². The Morgan fingerprint density at radius 2 is 2.17 bits per heavy atom. The molecule has 2 heterocycles. The molecule has 1 fully saturated rings. The third-order valence-electron chi connectivity index (χ3n) is 3.98. The van der Waals surface area contributed by atoms with E-state index in [2.05, 4.69) is 43.5 Å². The second-order valence-electron chi connectivity index (χ2n) is 5.60. The van der Waals surface area contributed by atoms with Gasteiger partial charge in [0.05, 0.1) is 24.3 Å². The van der Waals surface area contributed by atoms with E-state index in [0.29, 0.717) is 43.5 Å². The van der Waals surface area contributed by atoms with Crippen LogP contribution in [0.25, 0.3) is 0 Å². The summed E-state index contributed by atoms with van der Waals surface area (Å²) in [6.07, 6.45) is 3.43. The third-order valence-corrected chi connectivity index (χ3v) is 5.09. The number of rotatable bonds is 6.